The van der Waals surface area contributed by atoms with Crippen LogP contribution in [0.1, 0.15) is 31.7 Å². The molecule has 1 N–H and O–H groups in total. The lowest BCUT2D eigenvalue weighted by Gasteiger charge is -2.24. The number of rotatable bonds is 9. The SMILES string of the molecule is CCc1ccccc1N(CC(=O)NCCCN1CCCC1)S(C)(=O)=O. The van der Waals surface area contributed by atoms with E-state index in [0.717, 1.165) is 37.9 Å². The number of benzene rings is 1. The van der Waals surface area contributed by atoms with E-state index in [0.29, 0.717) is 18.7 Å². The zero-order chi connectivity index (χ0) is 18.3. The first kappa shape index (κ1) is 19.7. The first-order chi connectivity index (χ1) is 11.9. The maximum absolute atomic E-state index is 12.2. The van der Waals surface area contributed by atoms with Crippen LogP contribution in [0.4, 0.5) is 5.69 Å². The summed E-state index contributed by atoms with van der Waals surface area (Å²) >= 11 is 0. The Hall–Kier alpha value is -1.60. The minimum absolute atomic E-state index is 0.181. The number of carbonyl (C=O) groups is 1. The molecule has 1 aromatic carbocycles. The van der Waals surface area contributed by atoms with Gasteiger partial charge in [-0.1, -0.05) is 25.1 Å². The molecule has 25 heavy (non-hydrogen) atoms. The monoisotopic (exact) mass is 367 g/mol. The second-order valence-electron chi connectivity index (χ2n) is 6.50. The number of para-hydroxylation sites is 1. The predicted molar refractivity (Wildman–Crippen MR) is 101 cm³/mol. The molecule has 7 heteroatoms. The van der Waals surface area contributed by atoms with Crippen molar-refractivity contribution in [3.05, 3.63) is 29.8 Å². The topological polar surface area (TPSA) is 69.7 Å². The van der Waals surface area contributed by atoms with Crippen LogP contribution in [0.2, 0.25) is 0 Å². The van der Waals surface area contributed by atoms with Crippen LogP contribution in [0.3, 0.4) is 0 Å². The van der Waals surface area contributed by atoms with Crippen molar-refractivity contribution in [3.63, 3.8) is 0 Å². The van der Waals surface area contributed by atoms with Gasteiger partial charge in [-0.15, -0.1) is 0 Å². The lowest BCUT2D eigenvalue weighted by Crippen LogP contribution is -2.41. The van der Waals surface area contributed by atoms with Gasteiger partial charge in [-0.3, -0.25) is 9.10 Å². The van der Waals surface area contributed by atoms with Crippen LogP contribution >= 0.6 is 0 Å². The summed E-state index contributed by atoms with van der Waals surface area (Å²) in [5.74, 6) is -0.266. The summed E-state index contributed by atoms with van der Waals surface area (Å²) in [5, 5.41) is 2.84. The van der Waals surface area contributed by atoms with E-state index in [1.54, 1.807) is 12.1 Å². The van der Waals surface area contributed by atoms with Crippen LogP contribution in [-0.2, 0) is 21.2 Å². The van der Waals surface area contributed by atoms with Crippen LogP contribution in [0, 0.1) is 0 Å². The van der Waals surface area contributed by atoms with Gasteiger partial charge in [0.15, 0.2) is 0 Å². The summed E-state index contributed by atoms with van der Waals surface area (Å²) in [4.78, 5) is 14.6. The van der Waals surface area contributed by atoms with E-state index in [4.69, 9.17) is 0 Å². The first-order valence-corrected chi connectivity index (χ1v) is 10.8. The van der Waals surface area contributed by atoms with Gasteiger partial charge in [0.05, 0.1) is 11.9 Å². The minimum atomic E-state index is -3.53. The zero-order valence-electron chi connectivity index (χ0n) is 15.2. The number of hydrogen-bond donors (Lipinski definition) is 1. The second-order valence-corrected chi connectivity index (χ2v) is 8.41. The molecule has 0 radical (unpaired) electrons. The molecule has 1 saturated heterocycles. The van der Waals surface area contributed by atoms with Crippen molar-refractivity contribution in [1.82, 2.24) is 10.2 Å². The molecule has 1 aliphatic heterocycles. The van der Waals surface area contributed by atoms with Gasteiger partial charge < -0.3 is 10.2 Å². The van der Waals surface area contributed by atoms with Crippen molar-refractivity contribution in [2.45, 2.75) is 32.6 Å². The van der Waals surface area contributed by atoms with Crippen LogP contribution in [0.15, 0.2) is 24.3 Å². The van der Waals surface area contributed by atoms with Gasteiger partial charge in [0, 0.05) is 6.54 Å². The molecule has 0 bridgehead atoms. The lowest BCUT2D eigenvalue weighted by atomic mass is 10.1. The first-order valence-electron chi connectivity index (χ1n) is 8.96. The number of anilines is 1. The average molecular weight is 368 g/mol. The van der Waals surface area contributed by atoms with Crippen molar-refractivity contribution >= 4 is 21.6 Å². The molecule has 1 amide bonds. The van der Waals surface area contributed by atoms with Gasteiger partial charge in [-0.25, -0.2) is 8.42 Å². The normalized spacial score (nSPS) is 15.3. The predicted octanol–water partition coefficient (Wildman–Crippen LogP) is 1.62. The zero-order valence-corrected chi connectivity index (χ0v) is 16.0. The summed E-state index contributed by atoms with van der Waals surface area (Å²) in [6, 6.07) is 7.31. The number of sulfonamides is 1. The molecule has 0 saturated carbocycles. The van der Waals surface area contributed by atoms with Gasteiger partial charge in [0.2, 0.25) is 15.9 Å². The quantitative estimate of drug-likeness (QED) is 0.674. The van der Waals surface area contributed by atoms with Crippen molar-refractivity contribution < 1.29 is 13.2 Å². The number of aryl methyl sites for hydroxylation is 1. The molecule has 0 atom stereocenters. The molecule has 0 aromatic heterocycles. The third kappa shape index (κ3) is 6.01. The average Bonchev–Trinajstić information content (AvgIpc) is 3.09. The molecule has 140 valence electrons. The number of nitrogens with one attached hydrogen (secondary N) is 1. The third-order valence-corrected chi connectivity index (χ3v) is 5.63. The Morgan fingerprint density at radius 1 is 1.24 bits per heavy atom. The Labute approximate surface area is 151 Å². The lowest BCUT2D eigenvalue weighted by molar-refractivity contribution is -0.119. The Kier molecular flexibility index (Phi) is 7.25. The standard InChI is InChI=1S/C18H29N3O3S/c1-3-16-9-4-5-10-17(16)21(25(2,23)24)15-18(22)19-11-8-14-20-12-6-7-13-20/h4-5,9-10H,3,6-8,11-15H2,1-2H3,(H,19,22). The van der Waals surface area contributed by atoms with Gasteiger partial charge >= 0.3 is 0 Å². The van der Waals surface area contributed by atoms with E-state index < -0.39 is 10.0 Å². The number of hydrogen-bond acceptors (Lipinski definition) is 4. The molecule has 1 heterocycles. The highest BCUT2D eigenvalue weighted by Crippen LogP contribution is 2.23. The maximum atomic E-state index is 12.2. The summed E-state index contributed by atoms with van der Waals surface area (Å²) in [7, 11) is -3.53. The number of carbonyl (C=O) groups excluding carboxylic acids is 1. The smallest absolute Gasteiger partial charge is 0.240 e. The van der Waals surface area contributed by atoms with Crippen molar-refractivity contribution in [2.75, 3.05) is 43.3 Å². The molecule has 1 aromatic rings. The Balaban J connectivity index is 1.92. The van der Waals surface area contributed by atoms with Crippen molar-refractivity contribution in [2.24, 2.45) is 0 Å². The summed E-state index contributed by atoms with van der Waals surface area (Å²) in [5.41, 5.74) is 1.49. The summed E-state index contributed by atoms with van der Waals surface area (Å²) in [6.45, 7) is 5.63. The fourth-order valence-corrected chi connectivity index (χ4v) is 4.04. The van der Waals surface area contributed by atoms with E-state index in [1.165, 1.54) is 17.1 Å². The van der Waals surface area contributed by atoms with Gasteiger partial charge in [0.25, 0.3) is 0 Å². The van der Waals surface area contributed by atoms with Gasteiger partial charge in [-0.05, 0) is 56.9 Å². The van der Waals surface area contributed by atoms with E-state index in [2.05, 4.69) is 10.2 Å². The van der Waals surface area contributed by atoms with Crippen LogP contribution in [-0.4, -0.2) is 58.2 Å². The molecule has 0 unspecified atom stereocenters. The molecule has 0 spiro atoms. The fraction of sp³-hybridized carbons (Fsp3) is 0.611. The molecule has 6 nitrogen and oxygen atoms in total. The second kappa shape index (κ2) is 9.20. The molecular formula is C18H29N3O3S. The van der Waals surface area contributed by atoms with Crippen molar-refractivity contribution in [3.8, 4) is 0 Å². The fourth-order valence-electron chi connectivity index (χ4n) is 3.16. The highest BCUT2D eigenvalue weighted by molar-refractivity contribution is 7.92. The van der Waals surface area contributed by atoms with E-state index in [-0.39, 0.29) is 12.5 Å². The van der Waals surface area contributed by atoms with E-state index >= 15 is 0 Å². The van der Waals surface area contributed by atoms with Crippen LogP contribution < -0.4 is 9.62 Å². The highest BCUT2D eigenvalue weighted by Gasteiger charge is 2.22. The van der Waals surface area contributed by atoms with E-state index in [9.17, 15) is 13.2 Å². The van der Waals surface area contributed by atoms with E-state index in [1.807, 2.05) is 19.1 Å². The Bertz CT molecular complexity index is 670. The van der Waals surface area contributed by atoms with Crippen molar-refractivity contribution in [1.29, 1.82) is 0 Å². The van der Waals surface area contributed by atoms with Gasteiger partial charge in [0.1, 0.15) is 6.54 Å². The molecular weight excluding hydrogens is 338 g/mol. The summed E-state index contributed by atoms with van der Waals surface area (Å²) in [6.07, 6.45) is 5.24. The molecule has 0 aliphatic carbocycles. The number of likely N-dealkylation sites (tertiary alicyclic amines) is 1. The highest BCUT2D eigenvalue weighted by atomic mass is 32.2. The Morgan fingerprint density at radius 3 is 2.56 bits per heavy atom. The van der Waals surface area contributed by atoms with Crippen LogP contribution in [0.5, 0.6) is 0 Å². The molecule has 1 aliphatic rings. The Morgan fingerprint density at radius 2 is 1.92 bits per heavy atom. The largest absolute Gasteiger partial charge is 0.354 e. The van der Waals surface area contributed by atoms with Crippen LogP contribution in [0.25, 0.3) is 0 Å². The molecule has 1 fully saturated rings. The van der Waals surface area contributed by atoms with Gasteiger partial charge in [-0.2, -0.15) is 0 Å². The number of nitrogens with zero attached hydrogens (tertiary/aromatic N) is 2. The molecule has 2 rings (SSSR count). The number of amides is 1. The summed E-state index contributed by atoms with van der Waals surface area (Å²) < 4.78 is 25.6. The third-order valence-electron chi connectivity index (χ3n) is 4.50. The maximum Gasteiger partial charge on any atom is 0.240 e. The minimum Gasteiger partial charge on any atom is -0.354 e.